The molecule has 0 bridgehead atoms. The molecule has 1 N–H and O–H groups in total. The molecule has 1 amide bonds. The van der Waals surface area contributed by atoms with Gasteiger partial charge < -0.3 is 14.6 Å². The Hall–Kier alpha value is -3.06. The first-order valence-electron chi connectivity index (χ1n) is 10.3. The molecule has 0 radical (unpaired) electrons. The van der Waals surface area contributed by atoms with Crippen molar-refractivity contribution in [2.24, 2.45) is 7.05 Å². The molecule has 0 spiro atoms. The summed E-state index contributed by atoms with van der Waals surface area (Å²) in [6.07, 6.45) is 0.204. The van der Waals surface area contributed by atoms with Crippen molar-refractivity contribution in [3.8, 4) is 5.75 Å². The summed E-state index contributed by atoms with van der Waals surface area (Å²) in [5, 5.41) is 3.47. The highest BCUT2D eigenvalue weighted by atomic mass is 32.2. The van der Waals surface area contributed by atoms with Crippen LogP contribution in [-0.4, -0.2) is 22.1 Å². The van der Waals surface area contributed by atoms with E-state index in [9.17, 15) is 9.59 Å². The number of hydrogen-bond acceptors (Lipinski definition) is 5. The lowest BCUT2D eigenvalue weighted by atomic mass is 9.86. The maximum absolute atomic E-state index is 13.1. The van der Waals surface area contributed by atoms with Crippen LogP contribution in [-0.2, 0) is 17.6 Å². The minimum absolute atomic E-state index is 0.116. The predicted octanol–water partition coefficient (Wildman–Crippen LogP) is 4.25. The summed E-state index contributed by atoms with van der Waals surface area (Å²) in [5.74, 6) is 1.47. The van der Waals surface area contributed by atoms with Crippen molar-refractivity contribution in [2.75, 3.05) is 11.9 Å². The lowest BCUT2D eigenvalue weighted by molar-refractivity contribution is -0.116. The molecule has 0 saturated heterocycles. The molecule has 1 aliphatic rings. The molecule has 1 aromatic heterocycles. The Balaban J connectivity index is 1.70. The smallest absolute Gasteiger partial charge is 0.279 e. The molecule has 3 aromatic rings. The number of thioether (sulfide) groups is 1. The molecule has 2 heterocycles. The SMILES string of the molecule is CCOc1cccc([C@H]2CC(=O)Nc3c2c(=O)nc(SCc2cccc(C)c2)n3C)c1. The van der Waals surface area contributed by atoms with Crippen LogP contribution in [0.5, 0.6) is 5.75 Å². The normalized spacial score (nSPS) is 15.3. The summed E-state index contributed by atoms with van der Waals surface area (Å²) in [6.45, 7) is 4.53. The fraction of sp³-hybridized carbons (Fsp3) is 0.292. The number of hydrogen-bond donors (Lipinski definition) is 1. The summed E-state index contributed by atoms with van der Waals surface area (Å²) in [6, 6.07) is 15.8. The van der Waals surface area contributed by atoms with E-state index in [0.29, 0.717) is 28.9 Å². The van der Waals surface area contributed by atoms with E-state index in [-0.39, 0.29) is 23.8 Å². The topological polar surface area (TPSA) is 73.2 Å². The van der Waals surface area contributed by atoms with Crippen LogP contribution in [0.1, 0.15) is 41.5 Å². The van der Waals surface area contributed by atoms with Gasteiger partial charge in [0.2, 0.25) is 5.91 Å². The third-order valence-electron chi connectivity index (χ3n) is 5.32. The Morgan fingerprint density at radius 2 is 2.00 bits per heavy atom. The van der Waals surface area contributed by atoms with Crippen LogP contribution in [0, 0.1) is 6.92 Å². The van der Waals surface area contributed by atoms with Crippen LogP contribution < -0.4 is 15.6 Å². The van der Waals surface area contributed by atoms with Crippen molar-refractivity contribution < 1.29 is 9.53 Å². The van der Waals surface area contributed by atoms with Gasteiger partial charge in [-0.25, -0.2) is 0 Å². The Bertz CT molecular complexity index is 1190. The zero-order valence-corrected chi connectivity index (χ0v) is 18.7. The zero-order chi connectivity index (χ0) is 22.0. The molecule has 160 valence electrons. The summed E-state index contributed by atoms with van der Waals surface area (Å²) in [4.78, 5) is 30.0. The molecule has 7 heteroatoms. The number of anilines is 1. The van der Waals surface area contributed by atoms with Crippen molar-refractivity contribution in [1.29, 1.82) is 0 Å². The predicted molar refractivity (Wildman–Crippen MR) is 123 cm³/mol. The molecule has 1 aliphatic heterocycles. The minimum Gasteiger partial charge on any atom is -0.494 e. The van der Waals surface area contributed by atoms with Crippen LogP contribution in [0.4, 0.5) is 5.82 Å². The van der Waals surface area contributed by atoms with Crippen molar-refractivity contribution in [3.63, 3.8) is 0 Å². The summed E-state index contributed by atoms with van der Waals surface area (Å²) < 4.78 is 7.42. The second-order valence-corrected chi connectivity index (χ2v) is 8.55. The van der Waals surface area contributed by atoms with E-state index in [1.165, 1.54) is 17.3 Å². The third kappa shape index (κ3) is 4.51. The first kappa shape index (κ1) is 21.2. The lowest BCUT2D eigenvalue weighted by Crippen LogP contribution is -2.33. The number of carbonyl (C=O) groups is 1. The van der Waals surface area contributed by atoms with Gasteiger partial charge in [0.25, 0.3) is 5.56 Å². The van der Waals surface area contributed by atoms with E-state index in [4.69, 9.17) is 4.74 Å². The molecule has 0 aliphatic carbocycles. The molecule has 2 aromatic carbocycles. The van der Waals surface area contributed by atoms with E-state index in [1.807, 2.05) is 48.9 Å². The fourth-order valence-corrected chi connectivity index (χ4v) is 4.79. The van der Waals surface area contributed by atoms with Gasteiger partial charge in [-0.2, -0.15) is 4.98 Å². The van der Waals surface area contributed by atoms with Crippen LogP contribution in [0.15, 0.2) is 58.5 Å². The number of aromatic nitrogens is 2. The number of aryl methyl sites for hydroxylation is 1. The van der Waals surface area contributed by atoms with Crippen molar-refractivity contribution in [3.05, 3.63) is 81.1 Å². The number of nitrogens with zero attached hydrogens (tertiary/aromatic N) is 2. The Morgan fingerprint density at radius 3 is 2.77 bits per heavy atom. The van der Waals surface area contributed by atoms with Crippen molar-refractivity contribution in [2.45, 2.75) is 37.1 Å². The molecule has 0 saturated carbocycles. The van der Waals surface area contributed by atoms with Gasteiger partial charge in [0.05, 0.1) is 12.2 Å². The second-order valence-electron chi connectivity index (χ2n) is 7.61. The van der Waals surface area contributed by atoms with Gasteiger partial charge >= 0.3 is 0 Å². The van der Waals surface area contributed by atoms with Gasteiger partial charge in [-0.1, -0.05) is 53.7 Å². The van der Waals surface area contributed by atoms with E-state index < -0.39 is 0 Å². The highest BCUT2D eigenvalue weighted by Crippen LogP contribution is 2.37. The standard InChI is InChI=1S/C24H25N3O3S/c1-4-30-18-10-6-9-17(12-18)19-13-20(28)25-22-21(19)23(29)26-24(27(22)3)31-14-16-8-5-7-15(2)11-16/h5-12,19H,4,13-14H2,1-3H3,(H,25,28)/t19-/m1/s1. The molecular formula is C24H25N3O3S. The van der Waals surface area contributed by atoms with Gasteiger partial charge in [0, 0.05) is 25.1 Å². The first-order valence-corrected chi connectivity index (χ1v) is 11.3. The van der Waals surface area contributed by atoms with Crippen molar-refractivity contribution >= 4 is 23.5 Å². The fourth-order valence-electron chi connectivity index (χ4n) is 3.89. The third-order valence-corrected chi connectivity index (χ3v) is 6.42. The number of rotatable bonds is 6. The largest absolute Gasteiger partial charge is 0.494 e. The Morgan fingerprint density at radius 1 is 1.19 bits per heavy atom. The van der Waals surface area contributed by atoms with Crippen LogP contribution in [0.2, 0.25) is 0 Å². The van der Waals surface area contributed by atoms with E-state index in [2.05, 4.69) is 35.4 Å². The maximum Gasteiger partial charge on any atom is 0.279 e. The van der Waals surface area contributed by atoms with Crippen molar-refractivity contribution in [1.82, 2.24) is 9.55 Å². The number of nitrogens with one attached hydrogen (secondary N) is 1. The molecular weight excluding hydrogens is 410 g/mol. The Labute approximate surface area is 185 Å². The molecule has 6 nitrogen and oxygen atoms in total. The number of amides is 1. The summed E-state index contributed by atoms with van der Waals surface area (Å²) in [7, 11) is 1.84. The van der Waals surface area contributed by atoms with Gasteiger partial charge in [-0.15, -0.1) is 0 Å². The molecule has 0 fully saturated rings. The lowest BCUT2D eigenvalue weighted by Gasteiger charge is -2.27. The highest BCUT2D eigenvalue weighted by molar-refractivity contribution is 7.98. The van der Waals surface area contributed by atoms with Crippen LogP contribution >= 0.6 is 11.8 Å². The molecule has 31 heavy (non-hydrogen) atoms. The average Bonchev–Trinajstić information content (AvgIpc) is 2.75. The Kier molecular flexibility index (Phi) is 6.13. The summed E-state index contributed by atoms with van der Waals surface area (Å²) >= 11 is 1.48. The maximum atomic E-state index is 13.1. The number of ether oxygens (including phenoxy) is 1. The van der Waals surface area contributed by atoms with Crippen LogP contribution in [0.3, 0.4) is 0 Å². The van der Waals surface area contributed by atoms with Gasteiger partial charge in [-0.05, 0) is 37.1 Å². The molecule has 0 unspecified atom stereocenters. The summed E-state index contributed by atoms with van der Waals surface area (Å²) in [5.41, 5.74) is 3.45. The van der Waals surface area contributed by atoms with E-state index in [1.54, 1.807) is 0 Å². The minimum atomic E-state index is -0.355. The van der Waals surface area contributed by atoms with E-state index in [0.717, 1.165) is 16.9 Å². The van der Waals surface area contributed by atoms with Crippen LogP contribution in [0.25, 0.3) is 0 Å². The number of benzene rings is 2. The number of fused-ring (bicyclic) bond motifs is 1. The first-order chi connectivity index (χ1) is 15.0. The number of carbonyl (C=O) groups excluding carboxylic acids is 1. The quantitative estimate of drug-likeness (QED) is 0.463. The van der Waals surface area contributed by atoms with Gasteiger partial charge in [0.1, 0.15) is 11.6 Å². The zero-order valence-electron chi connectivity index (χ0n) is 17.8. The van der Waals surface area contributed by atoms with Gasteiger partial charge in [-0.3, -0.25) is 9.59 Å². The van der Waals surface area contributed by atoms with Gasteiger partial charge in [0.15, 0.2) is 5.16 Å². The highest BCUT2D eigenvalue weighted by Gasteiger charge is 2.32. The molecule has 1 atom stereocenters. The average molecular weight is 436 g/mol. The van der Waals surface area contributed by atoms with E-state index >= 15 is 0 Å². The second kappa shape index (κ2) is 8.98. The monoisotopic (exact) mass is 435 g/mol. The molecule has 4 rings (SSSR count).